The van der Waals surface area contributed by atoms with Gasteiger partial charge in [0.15, 0.2) is 5.58 Å². The first-order valence-corrected chi connectivity index (χ1v) is 9.18. The van der Waals surface area contributed by atoms with Gasteiger partial charge in [0.05, 0.1) is 5.56 Å². The molecule has 0 radical (unpaired) electrons. The second-order valence-corrected chi connectivity index (χ2v) is 6.45. The maximum absolute atomic E-state index is 12.6. The van der Waals surface area contributed by atoms with Crippen LogP contribution in [0, 0.1) is 0 Å². The van der Waals surface area contributed by atoms with Gasteiger partial charge < -0.3 is 24.9 Å². The van der Waals surface area contributed by atoms with Crippen molar-refractivity contribution in [3.05, 3.63) is 36.9 Å². The quantitative estimate of drug-likeness (QED) is 0.624. The zero-order valence-electron chi connectivity index (χ0n) is 16.4. The summed E-state index contributed by atoms with van der Waals surface area (Å²) in [5, 5.41) is 6.34. The Bertz CT molecular complexity index is 786. The summed E-state index contributed by atoms with van der Waals surface area (Å²) < 4.78 is 5.92. The van der Waals surface area contributed by atoms with Gasteiger partial charge >= 0.3 is 0 Å². The van der Waals surface area contributed by atoms with E-state index < -0.39 is 0 Å². The molecule has 3 rings (SSSR count). The third kappa shape index (κ3) is 4.95. The Morgan fingerprint density at radius 1 is 1.56 bits per heavy atom. The maximum Gasteiger partial charge on any atom is 0.298 e. The molecule has 7 nitrogen and oxygen atoms in total. The molecule has 1 amide bonds. The van der Waals surface area contributed by atoms with Crippen LogP contribution in [0.15, 0.2) is 40.8 Å². The molecule has 27 heavy (non-hydrogen) atoms. The number of carbonyl (C=O) groups is 1. The van der Waals surface area contributed by atoms with Gasteiger partial charge in [-0.3, -0.25) is 4.79 Å². The van der Waals surface area contributed by atoms with Crippen LogP contribution in [-0.2, 0) is 0 Å². The number of hydrogen-bond acceptors (Lipinski definition) is 6. The van der Waals surface area contributed by atoms with Gasteiger partial charge in [0.2, 0.25) is 0 Å². The lowest BCUT2D eigenvalue weighted by Gasteiger charge is -2.32. The van der Waals surface area contributed by atoms with E-state index >= 15 is 0 Å². The largest absolute Gasteiger partial charge is 0.423 e. The third-order valence-corrected chi connectivity index (χ3v) is 4.42. The topological polar surface area (TPSA) is 82.8 Å². The lowest BCUT2D eigenvalue weighted by molar-refractivity contribution is 0.0943. The Hall–Kier alpha value is -2.67. The molecule has 2 aromatic rings. The van der Waals surface area contributed by atoms with Crippen molar-refractivity contribution in [1.82, 2.24) is 15.6 Å². The molecular weight excluding hydrogens is 342 g/mol. The molecule has 2 heterocycles. The van der Waals surface area contributed by atoms with Gasteiger partial charge in [0.25, 0.3) is 11.9 Å². The van der Waals surface area contributed by atoms with Crippen molar-refractivity contribution in [3.63, 3.8) is 0 Å². The lowest BCUT2D eigenvalue weighted by Crippen LogP contribution is -2.50. The number of nitrogens with one attached hydrogen (secondary N) is 2. The monoisotopic (exact) mass is 371 g/mol. The van der Waals surface area contributed by atoms with Gasteiger partial charge in [0.1, 0.15) is 5.52 Å². The number of hydrogen-bond donors (Lipinski definition) is 2. The van der Waals surface area contributed by atoms with Crippen LogP contribution in [-0.4, -0.2) is 55.9 Å². The third-order valence-electron chi connectivity index (χ3n) is 4.42. The van der Waals surface area contributed by atoms with E-state index in [1.54, 1.807) is 19.3 Å². The zero-order chi connectivity index (χ0) is 19.8. The predicted octanol–water partition coefficient (Wildman–Crippen LogP) is 2.64. The van der Waals surface area contributed by atoms with Crippen LogP contribution >= 0.6 is 0 Å². The molecule has 7 heteroatoms. The number of carbonyl (C=O) groups excluding carboxylic acids is 1. The summed E-state index contributed by atoms with van der Waals surface area (Å²) in [5.74, 6) is -0.143. The van der Waals surface area contributed by atoms with Crippen molar-refractivity contribution >= 4 is 29.2 Å². The first-order chi connectivity index (χ1) is 13.1. The van der Waals surface area contributed by atoms with Gasteiger partial charge in [-0.05, 0) is 26.0 Å². The van der Waals surface area contributed by atoms with Crippen molar-refractivity contribution in [2.24, 2.45) is 4.99 Å². The molecule has 1 aromatic heterocycles. The van der Waals surface area contributed by atoms with Crippen molar-refractivity contribution < 1.29 is 9.21 Å². The zero-order valence-corrected chi connectivity index (χ0v) is 16.4. The summed E-state index contributed by atoms with van der Waals surface area (Å²) >= 11 is 0. The van der Waals surface area contributed by atoms with Crippen molar-refractivity contribution in [1.29, 1.82) is 0 Å². The maximum atomic E-state index is 12.6. The number of anilines is 1. The van der Waals surface area contributed by atoms with Crippen LogP contribution in [0.4, 0.5) is 6.01 Å². The minimum absolute atomic E-state index is 0.00557. The summed E-state index contributed by atoms with van der Waals surface area (Å²) in [6.07, 6.45) is 2.49. The number of para-hydroxylation sites is 1. The van der Waals surface area contributed by atoms with Crippen LogP contribution in [0.25, 0.3) is 11.1 Å². The molecule has 0 spiro atoms. The fourth-order valence-corrected chi connectivity index (χ4v) is 2.99. The summed E-state index contributed by atoms with van der Waals surface area (Å²) in [4.78, 5) is 23.3. The molecule has 146 valence electrons. The fraction of sp³-hybridized carbons (Fsp3) is 0.450. The highest BCUT2D eigenvalue weighted by atomic mass is 16.4. The number of aliphatic imine (C=N–C) groups is 1. The van der Waals surface area contributed by atoms with E-state index in [4.69, 9.17) is 4.42 Å². The number of nitrogens with zero attached hydrogens (tertiary/aromatic N) is 3. The van der Waals surface area contributed by atoms with E-state index in [2.05, 4.69) is 45.6 Å². The second-order valence-electron chi connectivity index (χ2n) is 6.45. The Labute approximate surface area is 160 Å². The second kappa shape index (κ2) is 9.87. The van der Waals surface area contributed by atoms with Crippen LogP contribution < -0.4 is 15.5 Å². The average Bonchev–Trinajstić information content (AvgIpc) is 3.12. The van der Waals surface area contributed by atoms with Crippen LogP contribution in [0.2, 0.25) is 0 Å². The van der Waals surface area contributed by atoms with Crippen LogP contribution in [0.3, 0.4) is 0 Å². The number of fused-ring (bicyclic) bond motifs is 1. The summed E-state index contributed by atoms with van der Waals surface area (Å²) in [5.41, 5.74) is 1.78. The summed E-state index contributed by atoms with van der Waals surface area (Å²) in [6, 6.07) is 6.34. The highest BCUT2D eigenvalue weighted by molar-refractivity contribution is 6.04. The number of rotatable bonds is 5. The van der Waals surface area contributed by atoms with Gasteiger partial charge in [-0.25, -0.2) is 0 Å². The highest BCUT2D eigenvalue weighted by Crippen LogP contribution is 2.26. The minimum atomic E-state index is -0.143. The van der Waals surface area contributed by atoms with Gasteiger partial charge in [-0.2, -0.15) is 4.98 Å². The van der Waals surface area contributed by atoms with E-state index in [1.165, 1.54) is 0 Å². The molecular formula is C20H29N5O2. The number of oxazole rings is 1. The van der Waals surface area contributed by atoms with E-state index in [0.717, 1.165) is 19.6 Å². The van der Waals surface area contributed by atoms with E-state index in [-0.39, 0.29) is 11.9 Å². The lowest BCUT2D eigenvalue weighted by atomic mass is 10.1. The molecule has 1 fully saturated rings. The van der Waals surface area contributed by atoms with Gasteiger partial charge in [0, 0.05) is 51.4 Å². The summed E-state index contributed by atoms with van der Waals surface area (Å²) in [7, 11) is 1.73. The molecule has 0 saturated carbocycles. The van der Waals surface area contributed by atoms with Gasteiger partial charge in [-0.15, -0.1) is 13.2 Å². The minimum Gasteiger partial charge on any atom is -0.423 e. The Morgan fingerprint density at radius 2 is 2.33 bits per heavy atom. The Kier molecular flexibility index (Phi) is 7.55. The number of piperazine rings is 1. The van der Waals surface area contributed by atoms with E-state index in [1.807, 2.05) is 19.1 Å². The number of benzene rings is 1. The fourth-order valence-electron chi connectivity index (χ4n) is 2.99. The Balaban J connectivity index is 0.00000126. The molecule has 0 aliphatic carbocycles. The SMILES string of the molecule is C=C.CN=CCC(C)NC(=O)c1cccc2oc(N3CCNCC3C)nc12. The van der Waals surface area contributed by atoms with Gasteiger partial charge in [-0.1, -0.05) is 6.07 Å². The average molecular weight is 371 g/mol. The standard InChI is InChI=1S/C18H25N5O2.C2H4/c1-12(7-8-19-3)21-17(24)14-5-4-6-15-16(14)22-18(25-15)23-10-9-20-11-13(23)2;1-2/h4-6,8,12-13,20H,7,9-11H2,1-3H3,(H,21,24);1-2H2. The number of aromatic nitrogens is 1. The normalized spacial score (nSPS) is 18.2. The van der Waals surface area contributed by atoms with Crippen molar-refractivity contribution in [2.45, 2.75) is 32.4 Å². The molecule has 2 unspecified atom stereocenters. The highest BCUT2D eigenvalue weighted by Gasteiger charge is 2.24. The van der Waals surface area contributed by atoms with Crippen molar-refractivity contribution in [2.75, 3.05) is 31.6 Å². The first-order valence-electron chi connectivity index (χ1n) is 9.18. The molecule has 1 saturated heterocycles. The molecule has 2 atom stereocenters. The first kappa shape index (κ1) is 20.6. The summed E-state index contributed by atoms with van der Waals surface area (Å²) in [6.45, 7) is 12.7. The molecule has 1 aliphatic heterocycles. The van der Waals surface area contributed by atoms with Crippen molar-refractivity contribution in [3.8, 4) is 0 Å². The molecule has 0 bridgehead atoms. The van der Waals surface area contributed by atoms with E-state index in [9.17, 15) is 4.79 Å². The smallest absolute Gasteiger partial charge is 0.298 e. The molecule has 1 aliphatic rings. The number of amides is 1. The molecule has 2 N–H and O–H groups in total. The van der Waals surface area contributed by atoms with Crippen LogP contribution in [0.5, 0.6) is 0 Å². The van der Waals surface area contributed by atoms with E-state index in [0.29, 0.717) is 35.1 Å². The van der Waals surface area contributed by atoms with Crippen LogP contribution in [0.1, 0.15) is 30.6 Å². The molecule has 1 aromatic carbocycles. The predicted molar refractivity (Wildman–Crippen MR) is 111 cm³/mol. The Morgan fingerprint density at radius 3 is 3.04 bits per heavy atom.